The molecule has 0 atom stereocenters. The molecule has 0 saturated carbocycles. The summed E-state index contributed by atoms with van der Waals surface area (Å²) in [6, 6.07) is 3.70. The van der Waals surface area contributed by atoms with Gasteiger partial charge in [0, 0.05) is 6.54 Å². The standard InChI is InChI=1S/C14H18N4O2/c1-9-4-5-12(14(20-3)10(9)2)13(19)8-18-7-11(6-15)16-17-18/h4-5,7H,6,8,15H2,1-3H3. The molecule has 6 heteroatoms. The van der Waals surface area contributed by atoms with Gasteiger partial charge in [-0.25, -0.2) is 4.68 Å². The highest BCUT2D eigenvalue weighted by Gasteiger charge is 2.16. The van der Waals surface area contributed by atoms with Gasteiger partial charge in [-0.3, -0.25) is 4.79 Å². The molecule has 0 saturated heterocycles. The molecule has 0 unspecified atom stereocenters. The van der Waals surface area contributed by atoms with E-state index in [9.17, 15) is 4.79 Å². The lowest BCUT2D eigenvalue weighted by Crippen LogP contribution is -2.13. The zero-order chi connectivity index (χ0) is 14.7. The normalized spacial score (nSPS) is 10.6. The third-order valence-corrected chi connectivity index (χ3v) is 3.28. The fourth-order valence-corrected chi connectivity index (χ4v) is 2.01. The number of ether oxygens (including phenoxy) is 1. The van der Waals surface area contributed by atoms with Crippen LogP contribution in [0.25, 0.3) is 0 Å². The number of Topliss-reactive ketones (excluding diaryl/α,β-unsaturated/α-hetero) is 1. The summed E-state index contributed by atoms with van der Waals surface area (Å²) >= 11 is 0. The first-order valence-corrected chi connectivity index (χ1v) is 6.33. The Bertz CT molecular complexity index is 634. The molecule has 106 valence electrons. The third kappa shape index (κ3) is 2.70. The van der Waals surface area contributed by atoms with Gasteiger partial charge in [-0.2, -0.15) is 0 Å². The molecule has 0 radical (unpaired) electrons. The van der Waals surface area contributed by atoms with Gasteiger partial charge in [0.2, 0.25) is 0 Å². The number of carbonyl (C=O) groups excluding carboxylic acids is 1. The molecule has 0 spiro atoms. The van der Waals surface area contributed by atoms with Crippen LogP contribution >= 0.6 is 0 Å². The van der Waals surface area contributed by atoms with Crippen molar-refractivity contribution in [3.63, 3.8) is 0 Å². The van der Waals surface area contributed by atoms with E-state index in [1.165, 1.54) is 4.68 Å². The van der Waals surface area contributed by atoms with E-state index < -0.39 is 0 Å². The number of methoxy groups -OCH3 is 1. The molecular weight excluding hydrogens is 256 g/mol. The molecule has 0 fully saturated rings. The highest BCUT2D eigenvalue weighted by Crippen LogP contribution is 2.26. The fourth-order valence-electron chi connectivity index (χ4n) is 2.01. The Morgan fingerprint density at radius 1 is 1.40 bits per heavy atom. The van der Waals surface area contributed by atoms with E-state index in [0.717, 1.165) is 11.1 Å². The van der Waals surface area contributed by atoms with Crippen molar-refractivity contribution in [3.05, 3.63) is 40.7 Å². The van der Waals surface area contributed by atoms with E-state index >= 15 is 0 Å². The first kappa shape index (κ1) is 14.2. The molecule has 0 bridgehead atoms. The Hall–Kier alpha value is -2.21. The number of carbonyl (C=O) groups is 1. The SMILES string of the molecule is COc1c(C(=O)Cn2cc(CN)nn2)ccc(C)c1C. The van der Waals surface area contributed by atoms with Crippen molar-refractivity contribution in [2.24, 2.45) is 5.73 Å². The molecule has 1 aromatic heterocycles. The van der Waals surface area contributed by atoms with Crippen LogP contribution in [0.5, 0.6) is 5.75 Å². The largest absolute Gasteiger partial charge is 0.496 e. The smallest absolute Gasteiger partial charge is 0.188 e. The van der Waals surface area contributed by atoms with Gasteiger partial charge in [0.1, 0.15) is 12.3 Å². The molecule has 2 N–H and O–H groups in total. The molecule has 0 aliphatic rings. The quantitative estimate of drug-likeness (QED) is 0.829. The molecule has 2 rings (SSSR count). The number of aromatic nitrogens is 3. The third-order valence-electron chi connectivity index (χ3n) is 3.28. The first-order valence-electron chi connectivity index (χ1n) is 6.33. The van der Waals surface area contributed by atoms with Crippen LogP contribution in [-0.2, 0) is 13.1 Å². The lowest BCUT2D eigenvalue weighted by atomic mass is 10.0. The molecule has 2 aromatic rings. The van der Waals surface area contributed by atoms with E-state index in [4.69, 9.17) is 10.5 Å². The van der Waals surface area contributed by atoms with Gasteiger partial charge < -0.3 is 10.5 Å². The summed E-state index contributed by atoms with van der Waals surface area (Å²) in [5.74, 6) is 0.549. The Balaban J connectivity index is 2.27. The van der Waals surface area contributed by atoms with E-state index in [0.29, 0.717) is 23.6 Å². The van der Waals surface area contributed by atoms with Gasteiger partial charge in [0.25, 0.3) is 0 Å². The van der Waals surface area contributed by atoms with Gasteiger partial charge in [0.05, 0.1) is 24.6 Å². The zero-order valence-corrected chi connectivity index (χ0v) is 11.9. The summed E-state index contributed by atoms with van der Waals surface area (Å²) < 4.78 is 6.84. The molecule has 0 amide bonds. The predicted molar refractivity (Wildman–Crippen MR) is 74.7 cm³/mol. The van der Waals surface area contributed by atoms with Crippen LogP contribution in [0.1, 0.15) is 27.2 Å². The van der Waals surface area contributed by atoms with Gasteiger partial charge >= 0.3 is 0 Å². The predicted octanol–water partition coefficient (Wildman–Crippen LogP) is 1.25. The van der Waals surface area contributed by atoms with Crippen LogP contribution in [0.4, 0.5) is 0 Å². The monoisotopic (exact) mass is 274 g/mol. The number of nitrogens with two attached hydrogens (primary N) is 1. The van der Waals surface area contributed by atoms with E-state index in [-0.39, 0.29) is 12.3 Å². The number of hydrogen-bond donors (Lipinski definition) is 1. The molecule has 1 aromatic carbocycles. The highest BCUT2D eigenvalue weighted by molar-refractivity contribution is 5.99. The fraction of sp³-hybridized carbons (Fsp3) is 0.357. The van der Waals surface area contributed by atoms with Crippen LogP contribution in [0.15, 0.2) is 18.3 Å². The van der Waals surface area contributed by atoms with Crippen LogP contribution in [0.3, 0.4) is 0 Å². The second-order valence-corrected chi connectivity index (χ2v) is 4.62. The van der Waals surface area contributed by atoms with Crippen LogP contribution < -0.4 is 10.5 Å². The van der Waals surface area contributed by atoms with Crippen molar-refractivity contribution >= 4 is 5.78 Å². The van der Waals surface area contributed by atoms with Crippen molar-refractivity contribution < 1.29 is 9.53 Å². The average Bonchev–Trinajstić information content (AvgIpc) is 2.89. The van der Waals surface area contributed by atoms with Gasteiger partial charge in [-0.05, 0) is 31.0 Å². The number of rotatable bonds is 5. The maximum absolute atomic E-state index is 12.4. The summed E-state index contributed by atoms with van der Waals surface area (Å²) in [6.45, 7) is 4.34. The lowest BCUT2D eigenvalue weighted by molar-refractivity contribution is 0.0964. The number of nitrogens with zero attached hydrogens (tertiary/aromatic N) is 3. The topological polar surface area (TPSA) is 83.0 Å². The number of ketones is 1. The van der Waals surface area contributed by atoms with E-state index in [2.05, 4.69) is 10.3 Å². The maximum Gasteiger partial charge on any atom is 0.188 e. The Kier molecular flexibility index (Phi) is 4.14. The Morgan fingerprint density at radius 3 is 2.75 bits per heavy atom. The summed E-state index contributed by atoms with van der Waals surface area (Å²) in [5, 5.41) is 7.73. The molecular formula is C14H18N4O2. The average molecular weight is 274 g/mol. The zero-order valence-electron chi connectivity index (χ0n) is 11.9. The highest BCUT2D eigenvalue weighted by atomic mass is 16.5. The van der Waals surface area contributed by atoms with Crippen LogP contribution in [0.2, 0.25) is 0 Å². The summed E-state index contributed by atoms with van der Waals surface area (Å²) in [6.07, 6.45) is 1.67. The molecule has 0 aliphatic heterocycles. The Labute approximate surface area is 117 Å². The molecule has 6 nitrogen and oxygen atoms in total. The van der Waals surface area contributed by atoms with Crippen LogP contribution in [-0.4, -0.2) is 27.9 Å². The minimum absolute atomic E-state index is 0.0709. The minimum atomic E-state index is -0.0709. The van der Waals surface area contributed by atoms with Crippen LogP contribution in [0, 0.1) is 13.8 Å². The number of aryl methyl sites for hydroxylation is 1. The van der Waals surface area contributed by atoms with Crippen molar-refractivity contribution in [1.82, 2.24) is 15.0 Å². The number of hydrogen-bond acceptors (Lipinski definition) is 5. The second kappa shape index (κ2) is 5.83. The van der Waals surface area contributed by atoms with Crippen molar-refractivity contribution in [1.29, 1.82) is 0 Å². The minimum Gasteiger partial charge on any atom is -0.496 e. The van der Waals surface area contributed by atoms with Crippen molar-refractivity contribution in [3.8, 4) is 5.75 Å². The molecule has 20 heavy (non-hydrogen) atoms. The van der Waals surface area contributed by atoms with Gasteiger partial charge in [-0.1, -0.05) is 11.3 Å². The second-order valence-electron chi connectivity index (χ2n) is 4.62. The summed E-state index contributed by atoms with van der Waals surface area (Å²) in [5.41, 5.74) is 8.74. The lowest BCUT2D eigenvalue weighted by Gasteiger charge is -2.12. The summed E-state index contributed by atoms with van der Waals surface area (Å²) in [4.78, 5) is 12.4. The summed E-state index contributed by atoms with van der Waals surface area (Å²) in [7, 11) is 1.57. The molecule has 0 aliphatic carbocycles. The number of benzene rings is 1. The first-order chi connectivity index (χ1) is 9.56. The van der Waals surface area contributed by atoms with E-state index in [1.54, 1.807) is 19.4 Å². The van der Waals surface area contributed by atoms with E-state index in [1.807, 2.05) is 19.9 Å². The molecule has 1 heterocycles. The van der Waals surface area contributed by atoms with Gasteiger partial charge in [-0.15, -0.1) is 5.10 Å². The van der Waals surface area contributed by atoms with Gasteiger partial charge in [0.15, 0.2) is 5.78 Å². The van der Waals surface area contributed by atoms with Crippen molar-refractivity contribution in [2.75, 3.05) is 7.11 Å². The van der Waals surface area contributed by atoms with Crippen molar-refractivity contribution in [2.45, 2.75) is 26.9 Å². The Morgan fingerprint density at radius 2 is 2.15 bits per heavy atom. The maximum atomic E-state index is 12.4.